The molecule has 1 aliphatic rings. The quantitative estimate of drug-likeness (QED) is 0.845. The number of anilines is 1. The fraction of sp³-hybridized carbons (Fsp3) is 0.647. The molecular formula is C17H27N3O. The highest BCUT2D eigenvalue weighted by molar-refractivity contribution is 5.95. The van der Waals surface area contributed by atoms with E-state index >= 15 is 0 Å². The van der Waals surface area contributed by atoms with Crippen molar-refractivity contribution in [2.24, 2.45) is 11.8 Å². The summed E-state index contributed by atoms with van der Waals surface area (Å²) in [7, 11) is 1.83. The fourth-order valence-corrected chi connectivity index (χ4v) is 3.08. The van der Waals surface area contributed by atoms with Crippen LogP contribution < -0.4 is 10.6 Å². The Bertz CT molecular complexity index is 487. The third-order valence-electron chi connectivity index (χ3n) is 4.47. The van der Waals surface area contributed by atoms with Gasteiger partial charge in [-0.1, -0.05) is 33.1 Å². The van der Waals surface area contributed by atoms with Crippen molar-refractivity contribution in [1.82, 2.24) is 10.3 Å². The maximum Gasteiger partial charge on any atom is 0.251 e. The zero-order chi connectivity index (χ0) is 15.2. The molecule has 21 heavy (non-hydrogen) atoms. The van der Waals surface area contributed by atoms with Crippen LogP contribution in [0.2, 0.25) is 0 Å². The van der Waals surface area contributed by atoms with Crippen molar-refractivity contribution in [3.05, 3.63) is 23.4 Å². The smallest absolute Gasteiger partial charge is 0.251 e. The second-order valence-corrected chi connectivity index (χ2v) is 6.11. The number of hydrogen-bond donors (Lipinski definition) is 2. The van der Waals surface area contributed by atoms with E-state index in [4.69, 9.17) is 0 Å². The minimum absolute atomic E-state index is 0.0188. The molecule has 1 amide bonds. The molecule has 4 nitrogen and oxygen atoms in total. The molecule has 1 heterocycles. The second kappa shape index (κ2) is 7.43. The zero-order valence-corrected chi connectivity index (χ0v) is 13.4. The molecule has 116 valence electrons. The Morgan fingerprint density at radius 1 is 1.38 bits per heavy atom. The van der Waals surface area contributed by atoms with Gasteiger partial charge in [0.2, 0.25) is 0 Å². The number of carbonyl (C=O) groups is 1. The van der Waals surface area contributed by atoms with Crippen LogP contribution in [-0.2, 0) is 6.42 Å². The lowest BCUT2D eigenvalue weighted by Gasteiger charge is -2.16. The van der Waals surface area contributed by atoms with Crippen molar-refractivity contribution in [3.8, 4) is 0 Å². The van der Waals surface area contributed by atoms with Gasteiger partial charge in [-0.15, -0.1) is 0 Å². The third kappa shape index (κ3) is 4.19. The SMILES string of the molecule is CCCc1cc(C(=O)NCC2CCCC2C)cc(NC)n1. The van der Waals surface area contributed by atoms with Gasteiger partial charge in [-0.25, -0.2) is 4.98 Å². The molecule has 1 saturated carbocycles. The molecule has 0 radical (unpaired) electrons. The molecule has 2 atom stereocenters. The first-order valence-electron chi connectivity index (χ1n) is 8.11. The summed E-state index contributed by atoms with van der Waals surface area (Å²) in [5.41, 5.74) is 1.69. The van der Waals surface area contributed by atoms with Crippen LogP contribution >= 0.6 is 0 Å². The van der Waals surface area contributed by atoms with Crippen LogP contribution in [0, 0.1) is 11.8 Å². The molecule has 2 rings (SSSR count). The van der Waals surface area contributed by atoms with Crippen LogP contribution in [0.5, 0.6) is 0 Å². The minimum Gasteiger partial charge on any atom is -0.373 e. The Morgan fingerprint density at radius 3 is 2.81 bits per heavy atom. The summed E-state index contributed by atoms with van der Waals surface area (Å²) in [5, 5.41) is 6.13. The van der Waals surface area contributed by atoms with Gasteiger partial charge >= 0.3 is 0 Å². The summed E-state index contributed by atoms with van der Waals surface area (Å²) in [5.74, 6) is 2.15. The Balaban J connectivity index is 2.02. The molecule has 0 aliphatic heterocycles. The van der Waals surface area contributed by atoms with E-state index < -0.39 is 0 Å². The molecule has 1 aliphatic carbocycles. The fourth-order valence-electron chi connectivity index (χ4n) is 3.08. The van der Waals surface area contributed by atoms with Crippen LogP contribution in [-0.4, -0.2) is 24.5 Å². The summed E-state index contributed by atoms with van der Waals surface area (Å²) in [6.45, 7) is 5.20. The summed E-state index contributed by atoms with van der Waals surface area (Å²) >= 11 is 0. The number of aryl methyl sites for hydroxylation is 1. The van der Waals surface area contributed by atoms with E-state index in [0.29, 0.717) is 11.5 Å². The van der Waals surface area contributed by atoms with E-state index in [0.717, 1.165) is 36.8 Å². The number of nitrogens with zero attached hydrogens (tertiary/aromatic N) is 1. The van der Waals surface area contributed by atoms with Gasteiger partial charge in [-0.2, -0.15) is 0 Å². The highest BCUT2D eigenvalue weighted by Crippen LogP contribution is 2.30. The standard InChI is InChI=1S/C17H27N3O/c1-4-6-15-9-14(10-16(18-3)20-15)17(21)19-11-13-8-5-7-12(13)2/h9-10,12-13H,4-8,11H2,1-3H3,(H,18,20)(H,19,21). The number of hydrogen-bond acceptors (Lipinski definition) is 3. The van der Waals surface area contributed by atoms with Crippen LogP contribution in [0.3, 0.4) is 0 Å². The average molecular weight is 289 g/mol. The Labute approximate surface area is 127 Å². The summed E-state index contributed by atoms with van der Waals surface area (Å²) < 4.78 is 0. The lowest BCUT2D eigenvalue weighted by molar-refractivity contribution is 0.0944. The van der Waals surface area contributed by atoms with Gasteiger partial charge in [-0.3, -0.25) is 4.79 Å². The van der Waals surface area contributed by atoms with Gasteiger partial charge in [-0.05, 0) is 36.8 Å². The maximum atomic E-state index is 12.4. The molecule has 0 aromatic carbocycles. The van der Waals surface area contributed by atoms with Crippen LogP contribution in [0.25, 0.3) is 0 Å². The monoisotopic (exact) mass is 289 g/mol. The van der Waals surface area contributed by atoms with E-state index in [1.807, 2.05) is 19.2 Å². The number of aromatic nitrogens is 1. The molecule has 2 N–H and O–H groups in total. The first-order chi connectivity index (χ1) is 10.1. The van der Waals surface area contributed by atoms with Gasteiger partial charge in [0, 0.05) is 24.8 Å². The molecule has 0 bridgehead atoms. The van der Waals surface area contributed by atoms with Crippen LogP contribution in [0.1, 0.15) is 55.6 Å². The van der Waals surface area contributed by atoms with Gasteiger partial charge in [0.25, 0.3) is 5.91 Å². The van der Waals surface area contributed by atoms with Gasteiger partial charge in [0.1, 0.15) is 5.82 Å². The Kier molecular flexibility index (Phi) is 5.59. The number of rotatable bonds is 6. The van der Waals surface area contributed by atoms with Crippen molar-refractivity contribution in [2.45, 2.75) is 46.0 Å². The highest BCUT2D eigenvalue weighted by atomic mass is 16.1. The molecule has 0 spiro atoms. The summed E-state index contributed by atoms with van der Waals surface area (Å²) in [4.78, 5) is 16.8. The average Bonchev–Trinajstić information content (AvgIpc) is 2.90. The molecular weight excluding hydrogens is 262 g/mol. The molecule has 4 heteroatoms. The summed E-state index contributed by atoms with van der Waals surface area (Å²) in [6.07, 6.45) is 5.75. The van der Waals surface area contributed by atoms with Crippen molar-refractivity contribution < 1.29 is 4.79 Å². The Morgan fingerprint density at radius 2 is 2.19 bits per heavy atom. The molecule has 1 aromatic heterocycles. The van der Waals surface area contributed by atoms with E-state index in [1.165, 1.54) is 19.3 Å². The Hall–Kier alpha value is -1.58. The van der Waals surface area contributed by atoms with E-state index in [-0.39, 0.29) is 5.91 Å². The predicted molar refractivity (Wildman–Crippen MR) is 86.6 cm³/mol. The summed E-state index contributed by atoms with van der Waals surface area (Å²) in [6, 6.07) is 3.74. The van der Waals surface area contributed by atoms with E-state index in [9.17, 15) is 4.79 Å². The normalized spacial score (nSPS) is 21.3. The number of nitrogens with one attached hydrogen (secondary N) is 2. The third-order valence-corrected chi connectivity index (χ3v) is 4.47. The largest absolute Gasteiger partial charge is 0.373 e. The number of pyridine rings is 1. The molecule has 0 saturated heterocycles. The van der Waals surface area contributed by atoms with Crippen molar-refractivity contribution >= 4 is 11.7 Å². The van der Waals surface area contributed by atoms with E-state index in [2.05, 4.69) is 29.5 Å². The molecule has 1 fully saturated rings. The minimum atomic E-state index is 0.0188. The molecule has 1 aromatic rings. The topological polar surface area (TPSA) is 54.0 Å². The first-order valence-corrected chi connectivity index (χ1v) is 8.11. The lowest BCUT2D eigenvalue weighted by Crippen LogP contribution is -2.30. The van der Waals surface area contributed by atoms with Crippen LogP contribution in [0.4, 0.5) is 5.82 Å². The van der Waals surface area contributed by atoms with Gasteiger partial charge < -0.3 is 10.6 Å². The second-order valence-electron chi connectivity index (χ2n) is 6.11. The predicted octanol–water partition coefficient (Wildman–Crippen LogP) is 3.24. The van der Waals surface area contributed by atoms with Gasteiger partial charge in [0.15, 0.2) is 0 Å². The molecule has 2 unspecified atom stereocenters. The number of amides is 1. The van der Waals surface area contributed by atoms with Crippen LogP contribution in [0.15, 0.2) is 12.1 Å². The lowest BCUT2D eigenvalue weighted by atomic mass is 9.98. The zero-order valence-electron chi connectivity index (χ0n) is 13.4. The van der Waals surface area contributed by atoms with E-state index in [1.54, 1.807) is 0 Å². The van der Waals surface area contributed by atoms with Gasteiger partial charge in [0.05, 0.1) is 0 Å². The first kappa shape index (κ1) is 15.8. The maximum absolute atomic E-state index is 12.4. The highest BCUT2D eigenvalue weighted by Gasteiger charge is 2.23. The van der Waals surface area contributed by atoms with Crippen molar-refractivity contribution in [1.29, 1.82) is 0 Å². The van der Waals surface area contributed by atoms with Crippen molar-refractivity contribution in [3.63, 3.8) is 0 Å². The number of carbonyl (C=O) groups excluding carboxylic acids is 1. The van der Waals surface area contributed by atoms with Crippen molar-refractivity contribution in [2.75, 3.05) is 18.9 Å².